The number of fused-ring (bicyclic) bond motifs is 3. The zero-order valence-electron chi connectivity index (χ0n) is 12.1. The SMILES string of the molecule is CCCC1CCc2nc3sc(CC(C)C)nn3c2C1. The summed E-state index contributed by atoms with van der Waals surface area (Å²) in [6, 6.07) is 0. The van der Waals surface area contributed by atoms with Crippen molar-refractivity contribution in [2.75, 3.05) is 0 Å². The average molecular weight is 277 g/mol. The summed E-state index contributed by atoms with van der Waals surface area (Å²) in [7, 11) is 0. The second-order valence-electron chi connectivity index (χ2n) is 6.19. The summed E-state index contributed by atoms with van der Waals surface area (Å²) in [5.74, 6) is 1.51. The predicted octanol–water partition coefficient (Wildman–Crippen LogP) is 3.89. The van der Waals surface area contributed by atoms with Crippen LogP contribution in [0.3, 0.4) is 0 Å². The van der Waals surface area contributed by atoms with Crippen molar-refractivity contribution >= 4 is 16.3 Å². The van der Waals surface area contributed by atoms with E-state index in [1.54, 1.807) is 11.3 Å². The van der Waals surface area contributed by atoms with Gasteiger partial charge in [0.1, 0.15) is 5.01 Å². The van der Waals surface area contributed by atoms with E-state index in [4.69, 9.17) is 10.1 Å². The number of nitrogens with zero attached hydrogens (tertiary/aromatic N) is 3. The molecule has 2 aromatic heterocycles. The Bertz CT molecular complexity index is 567. The van der Waals surface area contributed by atoms with Gasteiger partial charge in [-0.2, -0.15) is 5.10 Å². The number of aromatic nitrogens is 3. The molecule has 0 aliphatic heterocycles. The molecule has 0 fully saturated rings. The highest BCUT2D eigenvalue weighted by Gasteiger charge is 2.24. The first-order valence-electron chi connectivity index (χ1n) is 7.53. The van der Waals surface area contributed by atoms with Gasteiger partial charge in [-0.1, -0.05) is 44.9 Å². The fourth-order valence-corrected chi connectivity index (χ4v) is 4.22. The molecule has 0 aromatic carbocycles. The monoisotopic (exact) mass is 277 g/mol. The van der Waals surface area contributed by atoms with Crippen LogP contribution in [0.15, 0.2) is 0 Å². The summed E-state index contributed by atoms with van der Waals surface area (Å²) in [4.78, 5) is 5.90. The summed E-state index contributed by atoms with van der Waals surface area (Å²) in [5, 5.41) is 6.03. The number of rotatable bonds is 4. The lowest BCUT2D eigenvalue weighted by molar-refractivity contribution is 0.412. The van der Waals surface area contributed by atoms with E-state index in [-0.39, 0.29) is 0 Å². The van der Waals surface area contributed by atoms with Crippen molar-refractivity contribution < 1.29 is 0 Å². The molecule has 0 saturated carbocycles. The quantitative estimate of drug-likeness (QED) is 0.848. The minimum Gasteiger partial charge on any atom is -0.222 e. The first-order chi connectivity index (χ1) is 9.17. The smallest absolute Gasteiger partial charge is 0.212 e. The predicted molar refractivity (Wildman–Crippen MR) is 79.8 cm³/mol. The van der Waals surface area contributed by atoms with E-state index in [9.17, 15) is 0 Å². The summed E-state index contributed by atoms with van der Waals surface area (Å²) >= 11 is 1.77. The second kappa shape index (κ2) is 5.23. The van der Waals surface area contributed by atoms with Gasteiger partial charge in [0, 0.05) is 6.42 Å². The lowest BCUT2D eigenvalue weighted by Crippen LogP contribution is -2.15. The van der Waals surface area contributed by atoms with Crippen LogP contribution in [0.5, 0.6) is 0 Å². The normalized spacial score (nSPS) is 19.3. The molecule has 19 heavy (non-hydrogen) atoms. The zero-order chi connectivity index (χ0) is 13.4. The zero-order valence-corrected chi connectivity index (χ0v) is 13.0. The van der Waals surface area contributed by atoms with Crippen LogP contribution >= 0.6 is 11.3 Å². The van der Waals surface area contributed by atoms with Crippen LogP contribution in [0.4, 0.5) is 0 Å². The van der Waals surface area contributed by atoms with Crippen LogP contribution in [0.2, 0.25) is 0 Å². The Balaban J connectivity index is 1.90. The van der Waals surface area contributed by atoms with Gasteiger partial charge < -0.3 is 0 Å². The van der Waals surface area contributed by atoms with E-state index in [1.165, 1.54) is 42.1 Å². The van der Waals surface area contributed by atoms with Crippen molar-refractivity contribution in [3.63, 3.8) is 0 Å². The molecule has 3 nitrogen and oxygen atoms in total. The topological polar surface area (TPSA) is 30.2 Å². The van der Waals surface area contributed by atoms with Gasteiger partial charge in [-0.15, -0.1) is 0 Å². The van der Waals surface area contributed by atoms with E-state index in [1.807, 2.05) is 0 Å². The number of aryl methyl sites for hydroxylation is 1. The largest absolute Gasteiger partial charge is 0.222 e. The molecule has 0 spiro atoms. The highest BCUT2D eigenvalue weighted by Crippen LogP contribution is 2.30. The maximum atomic E-state index is 4.79. The van der Waals surface area contributed by atoms with E-state index < -0.39 is 0 Å². The van der Waals surface area contributed by atoms with E-state index in [0.29, 0.717) is 5.92 Å². The molecular formula is C15H23N3S. The molecular weight excluding hydrogens is 254 g/mol. The molecule has 2 aromatic rings. The summed E-state index contributed by atoms with van der Waals surface area (Å²) in [6.07, 6.45) is 7.34. The maximum Gasteiger partial charge on any atom is 0.212 e. The van der Waals surface area contributed by atoms with Gasteiger partial charge in [0.05, 0.1) is 11.4 Å². The van der Waals surface area contributed by atoms with Crippen molar-refractivity contribution in [1.82, 2.24) is 14.6 Å². The van der Waals surface area contributed by atoms with Crippen LogP contribution < -0.4 is 0 Å². The van der Waals surface area contributed by atoms with Gasteiger partial charge in [0.25, 0.3) is 0 Å². The molecule has 0 radical (unpaired) electrons. The molecule has 1 aliphatic rings. The van der Waals surface area contributed by atoms with Crippen molar-refractivity contribution in [3.05, 3.63) is 16.4 Å². The lowest BCUT2D eigenvalue weighted by atomic mass is 9.87. The molecule has 1 aliphatic carbocycles. The highest BCUT2D eigenvalue weighted by atomic mass is 32.1. The Morgan fingerprint density at radius 3 is 3.00 bits per heavy atom. The first kappa shape index (κ1) is 13.1. The summed E-state index contributed by atoms with van der Waals surface area (Å²) in [6.45, 7) is 6.78. The third-order valence-corrected chi connectivity index (χ3v) is 4.90. The maximum absolute atomic E-state index is 4.79. The molecule has 0 saturated heterocycles. The minimum atomic E-state index is 0.666. The number of imidazole rings is 1. The molecule has 4 heteroatoms. The molecule has 2 heterocycles. The van der Waals surface area contributed by atoms with Gasteiger partial charge >= 0.3 is 0 Å². The standard InChI is InChI=1S/C15H23N3S/c1-4-5-11-6-7-12-13(9-11)18-15(16-12)19-14(17-18)8-10(2)3/h10-11H,4-9H2,1-3H3. The number of hydrogen-bond donors (Lipinski definition) is 0. The fourth-order valence-electron chi connectivity index (χ4n) is 3.08. The van der Waals surface area contributed by atoms with Gasteiger partial charge in [-0.05, 0) is 31.1 Å². The summed E-state index contributed by atoms with van der Waals surface area (Å²) < 4.78 is 2.14. The first-order valence-corrected chi connectivity index (χ1v) is 8.35. The van der Waals surface area contributed by atoms with Gasteiger partial charge in [-0.3, -0.25) is 0 Å². The van der Waals surface area contributed by atoms with Crippen LogP contribution in [0, 0.1) is 11.8 Å². The van der Waals surface area contributed by atoms with E-state index >= 15 is 0 Å². The third-order valence-electron chi connectivity index (χ3n) is 3.97. The van der Waals surface area contributed by atoms with Crippen molar-refractivity contribution in [3.8, 4) is 0 Å². The Kier molecular flexibility index (Phi) is 3.61. The van der Waals surface area contributed by atoms with E-state index in [2.05, 4.69) is 25.3 Å². The fraction of sp³-hybridized carbons (Fsp3) is 0.733. The number of hydrogen-bond acceptors (Lipinski definition) is 3. The molecule has 104 valence electrons. The highest BCUT2D eigenvalue weighted by molar-refractivity contribution is 7.16. The lowest BCUT2D eigenvalue weighted by Gasteiger charge is -2.20. The van der Waals surface area contributed by atoms with Crippen molar-refractivity contribution in [2.45, 2.75) is 59.3 Å². The van der Waals surface area contributed by atoms with Gasteiger partial charge in [-0.25, -0.2) is 9.50 Å². The molecule has 0 N–H and O–H groups in total. The molecule has 0 bridgehead atoms. The Labute approximate surface area is 119 Å². The van der Waals surface area contributed by atoms with E-state index in [0.717, 1.165) is 23.7 Å². The summed E-state index contributed by atoms with van der Waals surface area (Å²) in [5.41, 5.74) is 2.70. The molecule has 0 amide bonds. The van der Waals surface area contributed by atoms with Crippen LogP contribution in [0.1, 0.15) is 56.4 Å². The molecule has 1 unspecified atom stereocenters. The third kappa shape index (κ3) is 2.55. The minimum absolute atomic E-state index is 0.666. The Morgan fingerprint density at radius 2 is 2.26 bits per heavy atom. The van der Waals surface area contributed by atoms with Gasteiger partial charge in [0.15, 0.2) is 0 Å². The molecule has 1 atom stereocenters. The molecule has 3 rings (SSSR count). The Morgan fingerprint density at radius 1 is 1.42 bits per heavy atom. The van der Waals surface area contributed by atoms with Crippen LogP contribution in [-0.4, -0.2) is 14.6 Å². The Hall–Kier alpha value is -0.900. The van der Waals surface area contributed by atoms with Gasteiger partial charge in [0.2, 0.25) is 4.96 Å². The average Bonchev–Trinajstić information content (AvgIpc) is 2.86. The van der Waals surface area contributed by atoms with Crippen LogP contribution in [-0.2, 0) is 19.3 Å². The van der Waals surface area contributed by atoms with Crippen molar-refractivity contribution in [2.24, 2.45) is 11.8 Å². The second-order valence-corrected chi connectivity index (χ2v) is 7.23. The van der Waals surface area contributed by atoms with Crippen molar-refractivity contribution in [1.29, 1.82) is 0 Å². The van der Waals surface area contributed by atoms with Crippen LogP contribution in [0.25, 0.3) is 4.96 Å².